The summed E-state index contributed by atoms with van der Waals surface area (Å²) >= 11 is 4.95. The van der Waals surface area contributed by atoms with Crippen LogP contribution in [-0.2, 0) is 0 Å². The summed E-state index contributed by atoms with van der Waals surface area (Å²) < 4.78 is 0. The molecule has 0 aliphatic carbocycles. The third-order valence-electron chi connectivity index (χ3n) is 3.01. The molecule has 0 radical (unpaired) electrons. The third-order valence-corrected chi connectivity index (χ3v) is 26.5. The first-order valence-electron chi connectivity index (χ1n) is 4.96. The average molecular weight is 237 g/mol. The zero-order valence-electron chi connectivity index (χ0n) is 8.39. The number of thiol groups is 1. The first kappa shape index (κ1) is 11.2. The van der Waals surface area contributed by atoms with E-state index in [1.807, 2.05) is 0 Å². The summed E-state index contributed by atoms with van der Waals surface area (Å²) in [6.07, 6.45) is 0.385. The van der Waals surface area contributed by atoms with Crippen LogP contribution >= 0.6 is 22.7 Å². The molecule has 0 aromatic rings. The highest BCUT2D eigenvalue weighted by atomic mass is 32.7. The summed E-state index contributed by atoms with van der Waals surface area (Å²) in [7, 11) is 1.51. The molecule has 0 nitrogen and oxygen atoms in total. The highest BCUT2D eigenvalue weighted by Gasteiger charge is 2.41. The molecule has 1 aliphatic rings. The van der Waals surface area contributed by atoms with Gasteiger partial charge in [0.15, 0.2) is 6.37 Å². The molecule has 1 rings (SSSR count). The number of hydrogen-bond donors (Lipinski definition) is 1. The Kier molecular flexibility index (Phi) is 3.84. The molecule has 0 aromatic carbocycles. The summed E-state index contributed by atoms with van der Waals surface area (Å²) in [5, 5.41) is 0. The van der Waals surface area contributed by atoms with Crippen molar-refractivity contribution in [2.24, 2.45) is 0 Å². The monoisotopic (exact) mass is 236 g/mol. The van der Waals surface area contributed by atoms with Crippen molar-refractivity contribution in [2.45, 2.75) is 51.0 Å². The fourth-order valence-electron chi connectivity index (χ4n) is 1.80. The van der Waals surface area contributed by atoms with E-state index in [9.17, 15) is 0 Å². The summed E-state index contributed by atoms with van der Waals surface area (Å²) in [6.45, 7) is 7.27. The second-order valence-electron chi connectivity index (χ2n) is 4.06. The Hall–Kier alpha value is 1.13. The van der Waals surface area contributed by atoms with Gasteiger partial charge in [0.25, 0.3) is 0 Å². The molecule has 72 valence electrons. The van der Waals surface area contributed by atoms with E-state index in [0.717, 1.165) is 0 Å². The lowest BCUT2D eigenvalue weighted by Crippen LogP contribution is -2.39. The van der Waals surface area contributed by atoms with Gasteiger partial charge in [0.05, 0.1) is 0 Å². The summed E-state index contributed by atoms with van der Waals surface area (Å²) in [5.74, 6) is 0. The molecule has 0 bridgehead atoms. The summed E-state index contributed by atoms with van der Waals surface area (Å²) in [6, 6.07) is 5.82. The van der Waals surface area contributed by atoms with Gasteiger partial charge in [0, 0.05) is 0 Å². The normalized spacial score (nSPS) is 43.0. The first-order chi connectivity index (χ1) is 5.54. The Bertz CT molecular complexity index is 149. The van der Waals surface area contributed by atoms with Crippen molar-refractivity contribution in [3.63, 3.8) is 0 Å². The van der Waals surface area contributed by atoms with Crippen LogP contribution in [0.15, 0.2) is 0 Å². The van der Waals surface area contributed by atoms with Crippen LogP contribution < -0.4 is 0 Å². The lowest BCUT2D eigenvalue weighted by molar-refractivity contribution is 1.02. The Balaban J connectivity index is 2.62. The van der Waals surface area contributed by atoms with Crippen LogP contribution in [0.1, 0.15) is 20.3 Å². The smallest absolute Gasteiger partial charge is 0.166 e. The maximum absolute atomic E-state index is 4.95. The zero-order chi connectivity index (χ0) is 9.24. The standard InChI is InChI=1S/C8H20S2Si2/c1-4-11(3)7-6-8-12(9,5-2)10-11/h9H,4-8H2,1-3H3. The van der Waals surface area contributed by atoms with Crippen molar-refractivity contribution in [1.29, 1.82) is 0 Å². The van der Waals surface area contributed by atoms with Gasteiger partial charge < -0.3 is 0 Å². The van der Waals surface area contributed by atoms with Gasteiger partial charge >= 0.3 is 0 Å². The van der Waals surface area contributed by atoms with E-state index in [2.05, 4.69) is 31.1 Å². The highest BCUT2D eigenvalue weighted by Crippen LogP contribution is 2.48. The van der Waals surface area contributed by atoms with Crippen LogP contribution in [0.4, 0.5) is 0 Å². The largest absolute Gasteiger partial charge is 0.194 e. The Labute approximate surface area is 87.3 Å². The minimum atomic E-state index is -1.09. The molecule has 2 atom stereocenters. The molecule has 2 unspecified atom stereocenters. The molecule has 1 fully saturated rings. The van der Waals surface area contributed by atoms with Crippen molar-refractivity contribution in [3.8, 4) is 0 Å². The van der Waals surface area contributed by atoms with Gasteiger partial charge in [-0.3, -0.25) is 0 Å². The lowest BCUT2D eigenvalue weighted by Gasteiger charge is -2.40. The molecule has 0 amide bonds. The van der Waals surface area contributed by atoms with E-state index >= 15 is 0 Å². The Morgan fingerprint density at radius 2 is 1.92 bits per heavy atom. The fourth-order valence-corrected chi connectivity index (χ4v) is 30.1. The molecule has 0 N–H and O–H groups in total. The predicted molar refractivity (Wildman–Crippen MR) is 69.1 cm³/mol. The first-order valence-corrected chi connectivity index (χ1v) is 13.8. The Morgan fingerprint density at radius 1 is 1.25 bits per heavy atom. The molecule has 0 spiro atoms. The van der Waals surface area contributed by atoms with E-state index in [4.69, 9.17) is 12.1 Å². The summed E-state index contributed by atoms with van der Waals surface area (Å²) in [4.78, 5) is 0. The van der Waals surface area contributed by atoms with Crippen molar-refractivity contribution in [1.82, 2.24) is 0 Å². The van der Waals surface area contributed by atoms with E-state index in [-0.39, 0.29) is 0 Å². The molecular weight excluding hydrogens is 216 g/mol. The molecule has 1 heterocycles. The van der Waals surface area contributed by atoms with E-state index < -0.39 is 13.6 Å². The molecule has 1 saturated heterocycles. The van der Waals surface area contributed by atoms with Crippen LogP contribution in [0.3, 0.4) is 0 Å². The van der Waals surface area contributed by atoms with Crippen LogP contribution in [-0.4, -0.2) is 13.6 Å². The molecule has 0 aromatic heterocycles. The number of rotatable bonds is 2. The van der Waals surface area contributed by atoms with Gasteiger partial charge in [0.2, 0.25) is 0 Å². The SMILES string of the molecule is CC[Si]1(C)CCC[Si](S)(CC)S1. The van der Waals surface area contributed by atoms with E-state index in [1.165, 1.54) is 24.6 Å². The zero-order valence-corrected chi connectivity index (χ0v) is 12.1. The van der Waals surface area contributed by atoms with Crippen LogP contribution in [0, 0.1) is 0 Å². The second kappa shape index (κ2) is 4.11. The van der Waals surface area contributed by atoms with Crippen molar-refractivity contribution in [2.75, 3.05) is 0 Å². The number of hydrogen-bond acceptors (Lipinski definition) is 2. The molecular formula is C8H20S2Si2. The second-order valence-corrected chi connectivity index (χ2v) is 22.7. The molecule has 1 aliphatic heterocycles. The van der Waals surface area contributed by atoms with Gasteiger partial charge in [-0.05, 0) is 18.1 Å². The van der Waals surface area contributed by atoms with Gasteiger partial charge in [0.1, 0.15) is 7.22 Å². The minimum absolute atomic E-state index is 0.865. The molecule has 12 heavy (non-hydrogen) atoms. The topological polar surface area (TPSA) is 0 Å². The predicted octanol–water partition coefficient (Wildman–Crippen LogP) is 4.11. The van der Waals surface area contributed by atoms with Gasteiger partial charge in [-0.1, -0.05) is 32.9 Å². The van der Waals surface area contributed by atoms with Crippen molar-refractivity contribution >= 4 is 36.3 Å². The van der Waals surface area contributed by atoms with Gasteiger partial charge in [-0.25, -0.2) is 0 Å². The average Bonchev–Trinajstić information content (AvgIpc) is 2.05. The lowest BCUT2D eigenvalue weighted by atomic mass is 10.6. The fraction of sp³-hybridized carbons (Fsp3) is 1.00. The van der Waals surface area contributed by atoms with Crippen LogP contribution in [0.5, 0.6) is 0 Å². The van der Waals surface area contributed by atoms with E-state index in [0.29, 0.717) is 0 Å². The quantitative estimate of drug-likeness (QED) is 0.556. The van der Waals surface area contributed by atoms with Gasteiger partial charge in [-0.15, -0.1) is 0 Å². The van der Waals surface area contributed by atoms with Crippen LogP contribution in [0.2, 0.25) is 30.7 Å². The van der Waals surface area contributed by atoms with Crippen molar-refractivity contribution < 1.29 is 0 Å². The maximum atomic E-state index is 4.95. The Morgan fingerprint density at radius 3 is 2.42 bits per heavy atom. The summed E-state index contributed by atoms with van der Waals surface area (Å²) in [5.41, 5.74) is 0. The maximum Gasteiger partial charge on any atom is 0.166 e. The van der Waals surface area contributed by atoms with Gasteiger partial charge in [-0.2, -0.15) is 22.7 Å². The van der Waals surface area contributed by atoms with Crippen molar-refractivity contribution in [3.05, 3.63) is 0 Å². The third kappa shape index (κ3) is 2.56. The van der Waals surface area contributed by atoms with E-state index in [1.54, 1.807) is 6.04 Å². The minimum Gasteiger partial charge on any atom is -0.194 e. The molecule has 0 saturated carbocycles. The molecule has 4 heteroatoms. The highest BCUT2D eigenvalue weighted by molar-refractivity contribution is 8.65. The van der Waals surface area contributed by atoms with Crippen LogP contribution in [0.25, 0.3) is 0 Å².